The van der Waals surface area contributed by atoms with E-state index in [0.29, 0.717) is 5.56 Å². The molecule has 1 aromatic heterocycles. The van der Waals surface area contributed by atoms with Crippen molar-refractivity contribution in [1.82, 2.24) is 0 Å². The highest BCUT2D eigenvalue weighted by Crippen LogP contribution is 2.37. The third-order valence-corrected chi connectivity index (χ3v) is 4.30. The second-order valence-corrected chi connectivity index (χ2v) is 5.59. The van der Waals surface area contributed by atoms with Crippen LogP contribution in [-0.4, -0.2) is 11.1 Å². The van der Waals surface area contributed by atoms with Crippen LogP contribution in [0.4, 0.5) is 0 Å². The van der Waals surface area contributed by atoms with Crippen LogP contribution in [0.25, 0.3) is 0 Å². The summed E-state index contributed by atoms with van der Waals surface area (Å²) in [6.45, 7) is 0. The molecule has 2 rings (SSSR count). The summed E-state index contributed by atoms with van der Waals surface area (Å²) in [5.41, 5.74) is 1.57. The molecule has 0 saturated carbocycles. The fraction of sp³-hybridized carbons (Fsp3) is 0.444. The van der Waals surface area contributed by atoms with Crippen LogP contribution in [0.15, 0.2) is 3.79 Å². The summed E-state index contributed by atoms with van der Waals surface area (Å²) in [6, 6.07) is 0. The van der Waals surface area contributed by atoms with E-state index in [1.165, 1.54) is 11.3 Å². The number of carboxylic acid groups (broad SMARTS) is 1. The molecule has 0 bridgehead atoms. The second-order valence-electron chi connectivity index (χ2n) is 3.16. The molecule has 0 spiro atoms. The fourth-order valence-corrected chi connectivity index (χ4v) is 3.84. The molecule has 1 aromatic rings. The summed E-state index contributed by atoms with van der Waals surface area (Å²) in [5.74, 6) is -0.800. The van der Waals surface area contributed by atoms with Gasteiger partial charge in [0, 0.05) is 4.88 Å². The predicted octanol–water partition coefficient (Wildman–Crippen LogP) is 3.09. The quantitative estimate of drug-likeness (QED) is 0.843. The molecule has 1 aliphatic rings. The smallest absolute Gasteiger partial charge is 0.338 e. The molecule has 0 amide bonds. The van der Waals surface area contributed by atoms with Gasteiger partial charge in [0.15, 0.2) is 0 Å². The Labute approximate surface area is 88.7 Å². The van der Waals surface area contributed by atoms with E-state index in [-0.39, 0.29) is 0 Å². The average Bonchev–Trinajstić information content (AvgIpc) is 2.39. The molecule has 13 heavy (non-hydrogen) atoms. The summed E-state index contributed by atoms with van der Waals surface area (Å²) in [7, 11) is 0. The highest BCUT2D eigenvalue weighted by atomic mass is 79.9. The maximum absolute atomic E-state index is 10.9. The Hall–Kier alpha value is -0.350. The zero-order valence-electron chi connectivity index (χ0n) is 6.97. The first-order valence-electron chi connectivity index (χ1n) is 4.23. The van der Waals surface area contributed by atoms with E-state index in [4.69, 9.17) is 5.11 Å². The second kappa shape index (κ2) is 3.42. The highest BCUT2D eigenvalue weighted by molar-refractivity contribution is 9.11. The van der Waals surface area contributed by atoms with Gasteiger partial charge < -0.3 is 5.11 Å². The zero-order chi connectivity index (χ0) is 9.42. The first kappa shape index (κ1) is 9.21. The molecule has 0 saturated heterocycles. The topological polar surface area (TPSA) is 37.3 Å². The lowest BCUT2D eigenvalue weighted by Crippen LogP contribution is -2.05. The number of hydrogen-bond donors (Lipinski definition) is 1. The van der Waals surface area contributed by atoms with Gasteiger partial charge in [-0.15, -0.1) is 11.3 Å². The molecule has 0 aromatic carbocycles. The Morgan fingerprint density at radius 3 is 2.77 bits per heavy atom. The molecule has 1 N–H and O–H groups in total. The first-order valence-corrected chi connectivity index (χ1v) is 5.84. The van der Waals surface area contributed by atoms with Gasteiger partial charge in [0.25, 0.3) is 0 Å². The molecule has 0 atom stereocenters. The molecule has 0 fully saturated rings. The van der Waals surface area contributed by atoms with Gasteiger partial charge in [-0.05, 0) is 47.2 Å². The Balaban J connectivity index is 2.54. The van der Waals surface area contributed by atoms with Gasteiger partial charge in [-0.25, -0.2) is 4.79 Å². The van der Waals surface area contributed by atoms with Crippen molar-refractivity contribution in [1.29, 1.82) is 0 Å². The van der Waals surface area contributed by atoms with E-state index in [2.05, 4.69) is 15.9 Å². The molecular weight excluding hydrogens is 252 g/mol. The van der Waals surface area contributed by atoms with Crippen molar-refractivity contribution >= 4 is 33.2 Å². The SMILES string of the molecule is O=C(O)c1c(Br)sc2c1CCCC2. The maximum Gasteiger partial charge on any atom is 0.338 e. The lowest BCUT2D eigenvalue weighted by Gasteiger charge is -2.10. The summed E-state index contributed by atoms with van der Waals surface area (Å²) >= 11 is 4.90. The number of carboxylic acids is 1. The monoisotopic (exact) mass is 260 g/mol. The van der Waals surface area contributed by atoms with Crippen LogP contribution in [0.2, 0.25) is 0 Å². The lowest BCUT2D eigenvalue weighted by molar-refractivity contribution is 0.0695. The van der Waals surface area contributed by atoms with E-state index in [1.807, 2.05) is 0 Å². The van der Waals surface area contributed by atoms with Gasteiger partial charge in [0.2, 0.25) is 0 Å². The number of halogens is 1. The molecule has 0 unspecified atom stereocenters. The first-order chi connectivity index (χ1) is 6.20. The Kier molecular flexibility index (Phi) is 2.43. The molecule has 70 valence electrons. The van der Waals surface area contributed by atoms with Crippen LogP contribution in [0.1, 0.15) is 33.6 Å². The number of fused-ring (bicyclic) bond motifs is 1. The van der Waals surface area contributed by atoms with E-state index in [0.717, 1.165) is 28.6 Å². The largest absolute Gasteiger partial charge is 0.478 e. The molecule has 0 radical (unpaired) electrons. The third-order valence-electron chi connectivity index (χ3n) is 2.34. The fourth-order valence-electron chi connectivity index (χ4n) is 1.75. The normalized spacial score (nSPS) is 15.5. The number of thiophene rings is 1. The van der Waals surface area contributed by atoms with Crippen LogP contribution >= 0.6 is 27.3 Å². The molecule has 0 aliphatic heterocycles. The van der Waals surface area contributed by atoms with E-state index in [1.54, 1.807) is 11.3 Å². The Bertz CT molecular complexity index is 357. The summed E-state index contributed by atoms with van der Waals surface area (Å²) in [4.78, 5) is 12.2. The van der Waals surface area contributed by atoms with Crippen molar-refractivity contribution in [2.45, 2.75) is 25.7 Å². The van der Waals surface area contributed by atoms with Crippen molar-refractivity contribution in [3.8, 4) is 0 Å². The van der Waals surface area contributed by atoms with Crippen LogP contribution in [-0.2, 0) is 12.8 Å². The number of aromatic carboxylic acids is 1. The van der Waals surface area contributed by atoms with Crippen LogP contribution in [0.3, 0.4) is 0 Å². The third kappa shape index (κ3) is 1.53. The number of hydrogen-bond acceptors (Lipinski definition) is 2. The van der Waals surface area contributed by atoms with E-state index in [9.17, 15) is 4.79 Å². The number of aryl methyl sites for hydroxylation is 1. The van der Waals surface area contributed by atoms with Gasteiger partial charge in [0.05, 0.1) is 9.35 Å². The van der Waals surface area contributed by atoms with Crippen molar-refractivity contribution < 1.29 is 9.90 Å². The minimum absolute atomic E-state index is 0.500. The van der Waals surface area contributed by atoms with Gasteiger partial charge in [-0.3, -0.25) is 0 Å². The minimum atomic E-state index is -0.800. The van der Waals surface area contributed by atoms with Crippen molar-refractivity contribution in [2.24, 2.45) is 0 Å². The van der Waals surface area contributed by atoms with E-state index < -0.39 is 5.97 Å². The van der Waals surface area contributed by atoms with Gasteiger partial charge in [-0.2, -0.15) is 0 Å². The Morgan fingerprint density at radius 2 is 2.08 bits per heavy atom. The Morgan fingerprint density at radius 1 is 1.38 bits per heavy atom. The molecule has 2 nitrogen and oxygen atoms in total. The number of rotatable bonds is 1. The lowest BCUT2D eigenvalue weighted by atomic mass is 9.96. The van der Waals surface area contributed by atoms with Crippen molar-refractivity contribution in [2.75, 3.05) is 0 Å². The van der Waals surface area contributed by atoms with Crippen LogP contribution in [0.5, 0.6) is 0 Å². The van der Waals surface area contributed by atoms with Gasteiger partial charge in [0.1, 0.15) is 0 Å². The molecule has 4 heteroatoms. The summed E-state index contributed by atoms with van der Waals surface area (Å²) in [6.07, 6.45) is 4.29. The summed E-state index contributed by atoms with van der Waals surface area (Å²) < 4.78 is 0.784. The molecule has 1 heterocycles. The highest BCUT2D eigenvalue weighted by Gasteiger charge is 2.23. The van der Waals surface area contributed by atoms with Gasteiger partial charge in [-0.1, -0.05) is 0 Å². The molecule has 1 aliphatic carbocycles. The van der Waals surface area contributed by atoms with E-state index >= 15 is 0 Å². The van der Waals surface area contributed by atoms with Crippen LogP contribution in [0, 0.1) is 0 Å². The average molecular weight is 261 g/mol. The minimum Gasteiger partial charge on any atom is -0.478 e. The molecular formula is C9H9BrO2S. The van der Waals surface area contributed by atoms with Crippen molar-refractivity contribution in [3.63, 3.8) is 0 Å². The zero-order valence-corrected chi connectivity index (χ0v) is 9.37. The maximum atomic E-state index is 10.9. The summed E-state index contributed by atoms with van der Waals surface area (Å²) in [5, 5.41) is 8.99. The predicted molar refractivity (Wildman–Crippen MR) is 55.6 cm³/mol. The van der Waals surface area contributed by atoms with Crippen LogP contribution < -0.4 is 0 Å². The van der Waals surface area contributed by atoms with Gasteiger partial charge >= 0.3 is 5.97 Å². The number of carbonyl (C=O) groups is 1. The van der Waals surface area contributed by atoms with Crippen molar-refractivity contribution in [3.05, 3.63) is 19.8 Å². The standard InChI is InChI=1S/C9H9BrO2S/c10-8-7(9(11)12)5-3-1-2-4-6(5)13-8/h1-4H2,(H,11,12).